The number of nitrogens with two attached hydrogens (primary N) is 1. The molecule has 1 aliphatic rings. The summed E-state index contributed by atoms with van der Waals surface area (Å²) in [6, 6.07) is 5.61. The highest BCUT2D eigenvalue weighted by Crippen LogP contribution is 2.39. The summed E-state index contributed by atoms with van der Waals surface area (Å²) in [4.78, 5) is 26.1. The van der Waals surface area contributed by atoms with Crippen molar-refractivity contribution >= 4 is 19.5 Å². The zero-order chi connectivity index (χ0) is 22.7. The minimum Gasteiger partial charge on any atom is -0.493 e. The lowest BCUT2D eigenvalue weighted by Gasteiger charge is -2.29. The second-order valence-corrected chi connectivity index (χ2v) is 7.67. The second kappa shape index (κ2) is 12.5. The van der Waals surface area contributed by atoms with Crippen molar-refractivity contribution in [1.82, 2.24) is 10.6 Å². The molecule has 0 unspecified atom stereocenters. The third-order valence-electron chi connectivity index (χ3n) is 5.71. The molecule has 2 amide bonds. The summed E-state index contributed by atoms with van der Waals surface area (Å²) >= 11 is 0. The number of methoxy groups -OCH3 is 2. The molecule has 0 aromatic heterocycles. The van der Waals surface area contributed by atoms with Crippen LogP contribution >= 0.6 is 0 Å². The molecule has 172 valence electrons. The van der Waals surface area contributed by atoms with Gasteiger partial charge >= 0.3 is 7.69 Å². The lowest BCUT2D eigenvalue weighted by atomic mass is 9.83. The first-order chi connectivity index (χ1) is 15.0. The van der Waals surface area contributed by atoms with E-state index in [2.05, 4.69) is 10.6 Å². The molecule has 0 aliphatic heterocycles. The minimum absolute atomic E-state index is 0.274. The van der Waals surface area contributed by atoms with E-state index in [4.69, 9.17) is 24.9 Å². The third-order valence-corrected chi connectivity index (χ3v) is 5.71. The molecular formula is C21H34BN3O6. The Kier molecular flexibility index (Phi) is 10.1. The molecule has 0 saturated heterocycles. The number of ether oxygens (including phenoxy) is 2. The Hall–Kier alpha value is -2.30. The number of benzene rings is 1. The van der Waals surface area contributed by atoms with Crippen molar-refractivity contribution in [2.45, 2.75) is 51.2 Å². The van der Waals surface area contributed by atoms with E-state index in [-0.39, 0.29) is 11.8 Å². The molecule has 1 aliphatic carbocycles. The smallest absolute Gasteiger partial charge is 0.436 e. The van der Waals surface area contributed by atoms with Gasteiger partial charge in [-0.2, -0.15) is 0 Å². The average molecular weight is 435 g/mol. The van der Waals surface area contributed by atoms with Crippen molar-refractivity contribution in [1.29, 1.82) is 0 Å². The molecule has 2 rings (SSSR count). The van der Waals surface area contributed by atoms with Crippen LogP contribution in [0.1, 0.15) is 44.1 Å². The summed E-state index contributed by atoms with van der Waals surface area (Å²) in [5.74, 6) is 0.644. The average Bonchev–Trinajstić information content (AvgIpc) is 3.28. The Morgan fingerprint density at radius 2 is 1.90 bits per heavy atom. The Bertz CT molecular complexity index is 727. The van der Waals surface area contributed by atoms with Gasteiger partial charge in [-0.25, -0.2) is 0 Å². The fourth-order valence-electron chi connectivity index (χ4n) is 3.94. The summed E-state index contributed by atoms with van der Waals surface area (Å²) in [6.45, 7) is 0.843. The van der Waals surface area contributed by atoms with Crippen LogP contribution in [0.2, 0.25) is 0 Å². The Labute approximate surface area is 184 Å². The fourth-order valence-corrected chi connectivity index (χ4v) is 3.94. The SMILES string of the molecule is COc1ccc(CCNC(=O)C2(C(=O)N[C@@H](CCCN)OBO)CCCC2)cc1OC. The maximum atomic E-state index is 13.0. The number of nitrogens with one attached hydrogen (secondary N) is 2. The maximum absolute atomic E-state index is 13.0. The van der Waals surface area contributed by atoms with Crippen molar-refractivity contribution in [3.63, 3.8) is 0 Å². The van der Waals surface area contributed by atoms with E-state index in [9.17, 15) is 9.59 Å². The van der Waals surface area contributed by atoms with E-state index < -0.39 is 19.3 Å². The van der Waals surface area contributed by atoms with Crippen LogP contribution in [0, 0.1) is 5.41 Å². The molecule has 9 nitrogen and oxygen atoms in total. The third kappa shape index (κ3) is 6.59. The second-order valence-electron chi connectivity index (χ2n) is 7.67. The molecule has 0 bridgehead atoms. The van der Waals surface area contributed by atoms with E-state index in [1.807, 2.05) is 18.2 Å². The van der Waals surface area contributed by atoms with Gasteiger partial charge in [0.15, 0.2) is 11.5 Å². The van der Waals surface area contributed by atoms with Crippen molar-refractivity contribution in [2.24, 2.45) is 11.1 Å². The van der Waals surface area contributed by atoms with Gasteiger partial charge in [0.25, 0.3) is 0 Å². The summed E-state index contributed by atoms with van der Waals surface area (Å²) in [6.07, 6.45) is 3.63. The van der Waals surface area contributed by atoms with Crippen LogP contribution in [0.4, 0.5) is 0 Å². The highest BCUT2D eigenvalue weighted by Gasteiger charge is 2.48. The molecule has 1 atom stereocenters. The summed E-state index contributed by atoms with van der Waals surface area (Å²) < 4.78 is 15.8. The van der Waals surface area contributed by atoms with Gasteiger partial charge in [0, 0.05) is 6.54 Å². The Morgan fingerprint density at radius 3 is 2.52 bits per heavy atom. The van der Waals surface area contributed by atoms with Crippen LogP contribution in [0.25, 0.3) is 0 Å². The van der Waals surface area contributed by atoms with Crippen LogP contribution < -0.4 is 25.8 Å². The summed E-state index contributed by atoms with van der Waals surface area (Å²) in [5, 5.41) is 14.8. The molecule has 1 aromatic carbocycles. The zero-order valence-corrected chi connectivity index (χ0v) is 18.4. The topological polar surface area (TPSA) is 132 Å². The quantitative estimate of drug-likeness (QED) is 0.200. The molecule has 1 saturated carbocycles. The van der Waals surface area contributed by atoms with Crippen LogP contribution in [0.5, 0.6) is 11.5 Å². The molecule has 0 spiro atoms. The van der Waals surface area contributed by atoms with Gasteiger partial charge in [0.05, 0.1) is 14.2 Å². The summed E-state index contributed by atoms with van der Waals surface area (Å²) in [7, 11) is 2.64. The van der Waals surface area contributed by atoms with Gasteiger partial charge in [0.2, 0.25) is 11.8 Å². The van der Waals surface area contributed by atoms with Gasteiger partial charge in [0.1, 0.15) is 11.6 Å². The molecule has 0 heterocycles. The number of carbonyl (C=O) groups excluding carboxylic acids is 2. The highest BCUT2D eigenvalue weighted by molar-refractivity contribution is 6.16. The summed E-state index contributed by atoms with van der Waals surface area (Å²) in [5.41, 5.74) is 5.40. The van der Waals surface area contributed by atoms with Crippen molar-refractivity contribution in [3.8, 4) is 11.5 Å². The van der Waals surface area contributed by atoms with Crippen molar-refractivity contribution in [2.75, 3.05) is 27.3 Å². The zero-order valence-electron chi connectivity index (χ0n) is 18.4. The Morgan fingerprint density at radius 1 is 1.19 bits per heavy atom. The van der Waals surface area contributed by atoms with Crippen molar-refractivity contribution in [3.05, 3.63) is 23.8 Å². The molecule has 1 aromatic rings. The van der Waals surface area contributed by atoms with Crippen molar-refractivity contribution < 1.29 is 28.7 Å². The van der Waals surface area contributed by atoms with Gasteiger partial charge < -0.3 is 35.5 Å². The lowest BCUT2D eigenvalue weighted by Crippen LogP contribution is -2.53. The van der Waals surface area contributed by atoms with E-state index >= 15 is 0 Å². The molecule has 31 heavy (non-hydrogen) atoms. The minimum atomic E-state index is -1.11. The van der Waals surface area contributed by atoms with Crippen LogP contribution in [-0.4, -0.2) is 58.1 Å². The largest absolute Gasteiger partial charge is 0.493 e. The molecular weight excluding hydrogens is 401 g/mol. The number of rotatable bonds is 13. The number of carbonyl (C=O) groups is 2. The van der Waals surface area contributed by atoms with Gasteiger partial charge in [-0.05, 0) is 56.3 Å². The Balaban J connectivity index is 1.98. The molecule has 0 radical (unpaired) electrons. The predicted molar refractivity (Wildman–Crippen MR) is 118 cm³/mol. The van der Waals surface area contributed by atoms with Crippen LogP contribution in [-0.2, 0) is 20.7 Å². The first-order valence-corrected chi connectivity index (χ1v) is 10.7. The number of hydrogen-bond donors (Lipinski definition) is 4. The number of amides is 2. The van der Waals surface area contributed by atoms with Crippen LogP contribution in [0.15, 0.2) is 18.2 Å². The monoisotopic (exact) mass is 435 g/mol. The van der Waals surface area contributed by atoms with Crippen LogP contribution in [0.3, 0.4) is 0 Å². The van der Waals surface area contributed by atoms with Gasteiger partial charge in [-0.1, -0.05) is 18.9 Å². The number of hydrogen-bond acceptors (Lipinski definition) is 7. The maximum Gasteiger partial charge on any atom is 0.436 e. The predicted octanol–water partition coefficient (Wildman–Crippen LogP) is 0.380. The molecule has 10 heteroatoms. The fraction of sp³-hybridized carbons (Fsp3) is 0.619. The van der Waals surface area contributed by atoms with E-state index in [1.54, 1.807) is 14.2 Å². The van der Waals surface area contributed by atoms with Gasteiger partial charge in [-0.15, -0.1) is 0 Å². The van der Waals surface area contributed by atoms with Gasteiger partial charge in [-0.3, -0.25) is 9.59 Å². The van der Waals surface area contributed by atoms with E-state index in [1.165, 1.54) is 0 Å². The molecule has 5 N–H and O–H groups in total. The first kappa shape index (κ1) is 25.0. The van der Waals surface area contributed by atoms with E-state index in [0.29, 0.717) is 56.7 Å². The normalized spacial score (nSPS) is 15.7. The first-order valence-electron chi connectivity index (χ1n) is 10.7. The van der Waals surface area contributed by atoms with E-state index in [0.717, 1.165) is 18.4 Å². The lowest BCUT2D eigenvalue weighted by molar-refractivity contribution is -0.145. The highest BCUT2D eigenvalue weighted by atomic mass is 16.5. The molecule has 1 fully saturated rings. The standard InChI is InChI=1S/C21H34BN3O6/c1-29-16-8-7-15(14-17(16)30-2)9-13-24-19(26)21(10-3-4-11-21)20(27)25-18(31-22-28)6-5-12-23/h7-8,14,18,22,28H,3-6,9-13,23H2,1-2H3,(H,24,26)(H,25,27)/t18-/m1/s1.